The Morgan fingerprint density at radius 2 is 2.13 bits per heavy atom. The minimum atomic E-state index is 0.0712. The Bertz CT molecular complexity index is 247. The third-order valence-corrected chi connectivity index (χ3v) is 4.71. The summed E-state index contributed by atoms with van der Waals surface area (Å²) >= 11 is 1.91. The number of rotatable bonds is 2. The highest BCUT2D eigenvalue weighted by Gasteiger charge is 2.37. The lowest BCUT2D eigenvalue weighted by Gasteiger charge is -2.37. The molecule has 0 aromatic carbocycles. The molecule has 2 fully saturated rings. The summed E-state index contributed by atoms with van der Waals surface area (Å²) < 4.78 is 0. The van der Waals surface area contributed by atoms with E-state index in [1.54, 1.807) is 0 Å². The lowest BCUT2D eigenvalue weighted by molar-refractivity contribution is -0.130. The van der Waals surface area contributed by atoms with Gasteiger partial charge in [-0.05, 0) is 19.1 Å². The zero-order chi connectivity index (χ0) is 10.8. The summed E-state index contributed by atoms with van der Waals surface area (Å²) in [5.74, 6) is 0.272. The molecule has 1 aliphatic carbocycles. The first-order valence-corrected chi connectivity index (χ1v) is 7.09. The van der Waals surface area contributed by atoms with E-state index in [-0.39, 0.29) is 11.9 Å². The Balaban J connectivity index is 2.04. The van der Waals surface area contributed by atoms with Crippen molar-refractivity contribution in [2.75, 3.05) is 12.8 Å². The largest absolute Gasteiger partial charge is 0.337 e. The number of hydrogen-bond acceptors (Lipinski definition) is 3. The summed E-state index contributed by atoms with van der Waals surface area (Å²) in [7, 11) is 0. The van der Waals surface area contributed by atoms with Crippen LogP contribution >= 0.6 is 11.8 Å². The van der Waals surface area contributed by atoms with E-state index in [1.807, 2.05) is 16.7 Å². The van der Waals surface area contributed by atoms with Crippen LogP contribution in [0.15, 0.2) is 0 Å². The summed E-state index contributed by atoms with van der Waals surface area (Å²) in [6.07, 6.45) is 7.71. The van der Waals surface area contributed by atoms with Crippen LogP contribution in [-0.2, 0) is 4.79 Å². The van der Waals surface area contributed by atoms with E-state index in [2.05, 4.69) is 6.26 Å². The smallest absolute Gasteiger partial charge is 0.224 e. The maximum atomic E-state index is 11.8. The Hall–Kier alpha value is -0.220. The van der Waals surface area contributed by atoms with Gasteiger partial charge in [-0.2, -0.15) is 11.8 Å². The summed E-state index contributed by atoms with van der Waals surface area (Å²) in [6.45, 7) is 0.778. The third kappa shape index (κ3) is 2.31. The number of nitrogens with zero attached hydrogens (tertiary/aromatic N) is 1. The Labute approximate surface area is 95.8 Å². The molecule has 2 N–H and O–H groups in total. The molecule has 1 saturated heterocycles. The molecule has 0 radical (unpaired) electrons. The topological polar surface area (TPSA) is 46.3 Å². The van der Waals surface area contributed by atoms with E-state index in [0.29, 0.717) is 17.7 Å². The van der Waals surface area contributed by atoms with Crippen LogP contribution in [-0.4, -0.2) is 40.9 Å². The molecular formula is C11H20N2OS. The van der Waals surface area contributed by atoms with Gasteiger partial charge in [-0.1, -0.05) is 12.8 Å². The molecule has 0 spiro atoms. The van der Waals surface area contributed by atoms with Crippen molar-refractivity contribution in [3.63, 3.8) is 0 Å². The van der Waals surface area contributed by atoms with E-state index in [9.17, 15) is 4.79 Å². The first kappa shape index (κ1) is 11.3. The van der Waals surface area contributed by atoms with E-state index in [0.717, 1.165) is 6.54 Å². The highest BCUT2D eigenvalue weighted by Crippen LogP contribution is 2.32. The summed E-state index contributed by atoms with van der Waals surface area (Å²) in [5.41, 5.74) is 5.84. The standard InChI is InChI=1S/C11H20N2OS/c1-15-10-5-3-2-4-9(10)13-7-8(12)6-11(13)14/h8-10H,2-7,12H2,1H3. The molecule has 2 aliphatic rings. The van der Waals surface area contributed by atoms with Gasteiger partial charge in [0.1, 0.15) is 0 Å². The number of carbonyl (C=O) groups excluding carboxylic acids is 1. The second-order valence-electron chi connectivity index (χ2n) is 4.64. The van der Waals surface area contributed by atoms with Crippen molar-refractivity contribution < 1.29 is 4.79 Å². The zero-order valence-corrected chi connectivity index (χ0v) is 10.1. The van der Waals surface area contributed by atoms with E-state index >= 15 is 0 Å². The van der Waals surface area contributed by atoms with Gasteiger partial charge >= 0.3 is 0 Å². The van der Waals surface area contributed by atoms with Gasteiger partial charge in [0, 0.05) is 30.3 Å². The predicted molar refractivity (Wildman–Crippen MR) is 63.9 cm³/mol. The first-order chi connectivity index (χ1) is 7.22. The third-order valence-electron chi connectivity index (χ3n) is 3.56. The van der Waals surface area contributed by atoms with Crippen molar-refractivity contribution in [3.05, 3.63) is 0 Å². The monoisotopic (exact) mass is 228 g/mol. The van der Waals surface area contributed by atoms with Crippen LogP contribution in [0, 0.1) is 0 Å². The maximum Gasteiger partial charge on any atom is 0.224 e. The van der Waals surface area contributed by atoms with Gasteiger partial charge in [0.2, 0.25) is 5.91 Å². The average molecular weight is 228 g/mol. The molecule has 1 amide bonds. The van der Waals surface area contributed by atoms with Crippen LogP contribution in [0.25, 0.3) is 0 Å². The normalized spacial score (nSPS) is 37.3. The molecule has 0 aromatic rings. The van der Waals surface area contributed by atoms with Crippen molar-refractivity contribution in [3.8, 4) is 0 Å². The predicted octanol–water partition coefficient (Wildman–Crippen LogP) is 1.22. The van der Waals surface area contributed by atoms with Gasteiger partial charge in [0.05, 0.1) is 0 Å². The minimum absolute atomic E-state index is 0.0712. The Kier molecular flexibility index (Phi) is 3.57. The van der Waals surface area contributed by atoms with Crippen LogP contribution in [0.3, 0.4) is 0 Å². The van der Waals surface area contributed by atoms with Crippen LogP contribution in [0.2, 0.25) is 0 Å². The number of amides is 1. The fourth-order valence-corrected chi connectivity index (χ4v) is 3.79. The van der Waals surface area contributed by atoms with Gasteiger partial charge in [-0.3, -0.25) is 4.79 Å². The molecule has 3 atom stereocenters. The highest BCUT2D eigenvalue weighted by atomic mass is 32.2. The van der Waals surface area contributed by atoms with E-state index in [1.165, 1.54) is 25.7 Å². The van der Waals surface area contributed by atoms with Gasteiger partial charge in [0.15, 0.2) is 0 Å². The van der Waals surface area contributed by atoms with Gasteiger partial charge in [-0.25, -0.2) is 0 Å². The molecule has 1 heterocycles. The quantitative estimate of drug-likeness (QED) is 0.773. The second kappa shape index (κ2) is 4.74. The Morgan fingerprint density at radius 1 is 1.40 bits per heavy atom. The number of carbonyl (C=O) groups is 1. The molecule has 86 valence electrons. The van der Waals surface area contributed by atoms with Crippen molar-refractivity contribution in [2.24, 2.45) is 5.73 Å². The molecule has 0 bridgehead atoms. The number of nitrogens with two attached hydrogens (primary N) is 1. The van der Waals surface area contributed by atoms with Crippen molar-refractivity contribution >= 4 is 17.7 Å². The average Bonchev–Trinajstić information content (AvgIpc) is 2.57. The molecular weight excluding hydrogens is 208 g/mol. The summed E-state index contributed by atoms with van der Waals surface area (Å²) in [6, 6.07) is 0.525. The fourth-order valence-electron chi connectivity index (χ4n) is 2.79. The van der Waals surface area contributed by atoms with Crippen LogP contribution in [0.1, 0.15) is 32.1 Å². The van der Waals surface area contributed by atoms with Gasteiger partial charge in [0.25, 0.3) is 0 Å². The zero-order valence-electron chi connectivity index (χ0n) is 9.32. The van der Waals surface area contributed by atoms with E-state index in [4.69, 9.17) is 5.73 Å². The highest BCUT2D eigenvalue weighted by molar-refractivity contribution is 7.99. The fraction of sp³-hybridized carbons (Fsp3) is 0.909. The number of likely N-dealkylation sites (tertiary alicyclic amines) is 1. The van der Waals surface area contributed by atoms with Crippen LogP contribution in [0.4, 0.5) is 0 Å². The van der Waals surface area contributed by atoms with Crippen molar-refractivity contribution in [1.29, 1.82) is 0 Å². The summed E-state index contributed by atoms with van der Waals surface area (Å²) in [4.78, 5) is 13.8. The molecule has 4 heteroatoms. The second-order valence-corrected chi connectivity index (χ2v) is 5.71. The molecule has 1 saturated carbocycles. The van der Waals surface area contributed by atoms with Gasteiger partial charge in [-0.15, -0.1) is 0 Å². The van der Waals surface area contributed by atoms with E-state index < -0.39 is 0 Å². The SMILES string of the molecule is CSC1CCCCC1N1CC(N)CC1=O. The molecule has 3 unspecified atom stereocenters. The van der Waals surface area contributed by atoms with Crippen molar-refractivity contribution in [2.45, 2.75) is 49.4 Å². The lowest BCUT2D eigenvalue weighted by Crippen LogP contribution is -2.45. The Morgan fingerprint density at radius 3 is 2.73 bits per heavy atom. The molecule has 1 aliphatic heterocycles. The number of thioether (sulfide) groups is 1. The number of hydrogen-bond donors (Lipinski definition) is 1. The van der Waals surface area contributed by atoms with Crippen LogP contribution in [0.5, 0.6) is 0 Å². The first-order valence-electron chi connectivity index (χ1n) is 5.80. The molecule has 0 aromatic heterocycles. The molecule has 2 rings (SSSR count). The van der Waals surface area contributed by atoms with Crippen LogP contribution < -0.4 is 5.73 Å². The minimum Gasteiger partial charge on any atom is -0.337 e. The van der Waals surface area contributed by atoms with Crippen molar-refractivity contribution in [1.82, 2.24) is 4.90 Å². The van der Waals surface area contributed by atoms with Gasteiger partial charge < -0.3 is 10.6 Å². The maximum absolute atomic E-state index is 11.8. The molecule has 3 nitrogen and oxygen atoms in total. The molecule has 15 heavy (non-hydrogen) atoms. The lowest BCUT2D eigenvalue weighted by atomic mass is 9.94. The summed E-state index contributed by atoms with van der Waals surface area (Å²) in [5, 5.41) is 0.632.